The van der Waals surface area contributed by atoms with Crippen LogP contribution in [0.15, 0.2) is 22.7 Å². The molecule has 1 fully saturated rings. The first kappa shape index (κ1) is 14.8. The van der Waals surface area contributed by atoms with Crippen molar-refractivity contribution < 1.29 is 9.90 Å². The summed E-state index contributed by atoms with van der Waals surface area (Å²) in [4.78, 5) is 13.6. The summed E-state index contributed by atoms with van der Waals surface area (Å²) >= 11 is 9.42. The summed E-state index contributed by atoms with van der Waals surface area (Å²) in [5.74, 6) is -0.673. The van der Waals surface area contributed by atoms with Crippen LogP contribution in [0, 0.1) is 5.41 Å². The van der Waals surface area contributed by atoms with Gasteiger partial charge >= 0.3 is 5.97 Å². The quantitative estimate of drug-likeness (QED) is 0.902. The Morgan fingerprint density at radius 2 is 2.32 bits per heavy atom. The Bertz CT molecular complexity index is 494. The molecule has 1 atom stereocenters. The molecule has 1 aliphatic rings. The lowest BCUT2D eigenvalue weighted by Crippen LogP contribution is -2.33. The normalized spacial score (nSPS) is 23.7. The van der Waals surface area contributed by atoms with Gasteiger partial charge in [0.15, 0.2) is 0 Å². The molecule has 5 heteroatoms. The molecule has 0 aliphatic carbocycles. The van der Waals surface area contributed by atoms with Crippen LogP contribution < -0.4 is 0 Å². The van der Waals surface area contributed by atoms with Crippen molar-refractivity contribution in [2.24, 2.45) is 5.41 Å². The molecule has 0 aromatic heterocycles. The van der Waals surface area contributed by atoms with Crippen molar-refractivity contribution >= 4 is 33.5 Å². The predicted octanol–water partition coefficient (Wildman–Crippen LogP) is 3.79. The molecule has 2 rings (SSSR count). The van der Waals surface area contributed by atoms with Gasteiger partial charge < -0.3 is 5.11 Å². The van der Waals surface area contributed by atoms with E-state index in [1.807, 2.05) is 25.1 Å². The van der Waals surface area contributed by atoms with Crippen LogP contribution in [0.1, 0.15) is 25.3 Å². The number of nitrogens with zero attached hydrogens (tertiary/aromatic N) is 1. The van der Waals surface area contributed by atoms with E-state index in [1.165, 1.54) is 0 Å². The Morgan fingerprint density at radius 1 is 1.58 bits per heavy atom. The first-order valence-corrected chi connectivity index (χ1v) is 7.53. The standard InChI is InChI=1S/C14H17BrClNO2/c1-2-14(13(18)19)5-6-17(9-14)8-10-3-4-11(16)7-12(10)15/h3-4,7H,2,5-6,8-9H2,1H3,(H,18,19). The molecule has 0 amide bonds. The Labute approximate surface area is 126 Å². The van der Waals surface area contributed by atoms with Crippen LogP contribution in [0.2, 0.25) is 5.02 Å². The first-order valence-electron chi connectivity index (χ1n) is 6.36. The summed E-state index contributed by atoms with van der Waals surface area (Å²) in [5.41, 5.74) is 0.570. The lowest BCUT2D eigenvalue weighted by molar-refractivity contribution is -0.148. The molecule has 1 saturated heterocycles. The zero-order valence-corrected chi connectivity index (χ0v) is 13.2. The van der Waals surface area contributed by atoms with Gasteiger partial charge in [0.1, 0.15) is 0 Å². The highest BCUT2D eigenvalue weighted by Crippen LogP contribution is 2.35. The third-order valence-corrected chi connectivity index (χ3v) is 4.95. The van der Waals surface area contributed by atoms with Crippen LogP contribution in [-0.2, 0) is 11.3 Å². The molecule has 104 valence electrons. The molecule has 1 aliphatic heterocycles. The highest BCUT2D eigenvalue weighted by atomic mass is 79.9. The second-order valence-electron chi connectivity index (χ2n) is 5.14. The minimum atomic E-state index is -0.673. The molecule has 0 radical (unpaired) electrons. The van der Waals surface area contributed by atoms with Crippen molar-refractivity contribution in [1.82, 2.24) is 4.90 Å². The fourth-order valence-electron chi connectivity index (χ4n) is 2.60. The molecule has 1 aromatic rings. The van der Waals surface area contributed by atoms with E-state index in [2.05, 4.69) is 20.8 Å². The maximum Gasteiger partial charge on any atom is 0.310 e. The molecule has 3 nitrogen and oxygen atoms in total. The fraction of sp³-hybridized carbons (Fsp3) is 0.500. The molecular formula is C14H17BrClNO2. The molecular weight excluding hydrogens is 330 g/mol. The Hall–Kier alpha value is -0.580. The van der Waals surface area contributed by atoms with E-state index >= 15 is 0 Å². The van der Waals surface area contributed by atoms with E-state index < -0.39 is 11.4 Å². The van der Waals surface area contributed by atoms with Crippen LogP contribution >= 0.6 is 27.5 Å². The van der Waals surface area contributed by atoms with E-state index in [-0.39, 0.29) is 0 Å². The van der Waals surface area contributed by atoms with Crippen molar-refractivity contribution in [3.63, 3.8) is 0 Å². The topological polar surface area (TPSA) is 40.5 Å². The van der Waals surface area contributed by atoms with Crippen molar-refractivity contribution in [2.45, 2.75) is 26.3 Å². The number of carbonyl (C=O) groups is 1. The highest BCUT2D eigenvalue weighted by molar-refractivity contribution is 9.10. The summed E-state index contributed by atoms with van der Waals surface area (Å²) in [6.07, 6.45) is 1.41. The zero-order valence-electron chi connectivity index (χ0n) is 10.8. The highest BCUT2D eigenvalue weighted by Gasteiger charge is 2.43. The predicted molar refractivity (Wildman–Crippen MR) is 79.4 cm³/mol. The summed E-state index contributed by atoms with van der Waals surface area (Å²) < 4.78 is 0.976. The molecule has 1 unspecified atom stereocenters. The minimum Gasteiger partial charge on any atom is -0.481 e. The summed E-state index contributed by atoms with van der Waals surface area (Å²) in [5, 5.41) is 10.1. The maximum atomic E-state index is 11.4. The number of aliphatic carboxylic acids is 1. The molecule has 1 heterocycles. The van der Waals surface area contributed by atoms with E-state index in [0.717, 1.165) is 29.5 Å². The molecule has 0 saturated carbocycles. The number of carboxylic acid groups (broad SMARTS) is 1. The smallest absolute Gasteiger partial charge is 0.310 e. The third-order valence-electron chi connectivity index (χ3n) is 3.97. The number of likely N-dealkylation sites (tertiary alicyclic amines) is 1. The second kappa shape index (κ2) is 5.81. The SMILES string of the molecule is CCC1(C(=O)O)CCN(Cc2ccc(Cl)cc2Br)C1. The van der Waals surface area contributed by atoms with Gasteiger partial charge in [0.05, 0.1) is 5.41 Å². The fourth-order valence-corrected chi connectivity index (χ4v) is 3.41. The minimum absolute atomic E-state index is 0.571. The van der Waals surface area contributed by atoms with Gasteiger partial charge in [-0.25, -0.2) is 0 Å². The van der Waals surface area contributed by atoms with Crippen molar-refractivity contribution in [2.75, 3.05) is 13.1 Å². The number of benzene rings is 1. The van der Waals surface area contributed by atoms with Crippen LogP contribution in [0.3, 0.4) is 0 Å². The molecule has 0 spiro atoms. The lowest BCUT2D eigenvalue weighted by atomic mass is 9.84. The molecule has 1 aromatic carbocycles. The Balaban J connectivity index is 2.08. The van der Waals surface area contributed by atoms with E-state index in [9.17, 15) is 9.90 Å². The summed E-state index contributed by atoms with van der Waals surface area (Å²) in [6.45, 7) is 4.16. The zero-order chi connectivity index (χ0) is 14.0. The number of hydrogen-bond acceptors (Lipinski definition) is 2. The largest absolute Gasteiger partial charge is 0.481 e. The van der Waals surface area contributed by atoms with Gasteiger partial charge in [-0.15, -0.1) is 0 Å². The number of halogens is 2. The Kier molecular flexibility index (Phi) is 4.54. The van der Waals surface area contributed by atoms with E-state index in [1.54, 1.807) is 0 Å². The molecule has 19 heavy (non-hydrogen) atoms. The van der Waals surface area contributed by atoms with Gasteiger partial charge in [-0.05, 0) is 37.1 Å². The molecule has 0 bridgehead atoms. The Morgan fingerprint density at radius 3 is 2.84 bits per heavy atom. The number of rotatable bonds is 4. The van der Waals surface area contributed by atoms with Gasteiger partial charge in [-0.1, -0.05) is 40.5 Å². The van der Waals surface area contributed by atoms with Gasteiger partial charge in [0.25, 0.3) is 0 Å². The number of hydrogen-bond donors (Lipinski definition) is 1. The average Bonchev–Trinajstić information content (AvgIpc) is 2.77. The van der Waals surface area contributed by atoms with E-state index in [0.29, 0.717) is 18.0 Å². The van der Waals surface area contributed by atoms with Crippen LogP contribution in [0.25, 0.3) is 0 Å². The van der Waals surface area contributed by atoms with Gasteiger partial charge in [-0.2, -0.15) is 0 Å². The summed E-state index contributed by atoms with van der Waals surface area (Å²) in [7, 11) is 0. The van der Waals surface area contributed by atoms with Crippen LogP contribution in [0.5, 0.6) is 0 Å². The first-order chi connectivity index (χ1) is 8.97. The van der Waals surface area contributed by atoms with E-state index in [4.69, 9.17) is 11.6 Å². The maximum absolute atomic E-state index is 11.4. The van der Waals surface area contributed by atoms with Crippen molar-refractivity contribution in [3.05, 3.63) is 33.3 Å². The third kappa shape index (κ3) is 3.12. The van der Waals surface area contributed by atoms with Gasteiger partial charge in [0, 0.05) is 22.6 Å². The van der Waals surface area contributed by atoms with Gasteiger partial charge in [0.2, 0.25) is 0 Å². The lowest BCUT2D eigenvalue weighted by Gasteiger charge is -2.23. The monoisotopic (exact) mass is 345 g/mol. The van der Waals surface area contributed by atoms with Gasteiger partial charge in [-0.3, -0.25) is 9.69 Å². The number of carboxylic acids is 1. The summed E-state index contributed by atoms with van der Waals surface area (Å²) in [6, 6.07) is 5.72. The van der Waals surface area contributed by atoms with Crippen molar-refractivity contribution in [3.8, 4) is 0 Å². The molecule has 1 N–H and O–H groups in total. The van der Waals surface area contributed by atoms with Crippen molar-refractivity contribution in [1.29, 1.82) is 0 Å². The van der Waals surface area contributed by atoms with Crippen LogP contribution in [0.4, 0.5) is 0 Å². The second-order valence-corrected chi connectivity index (χ2v) is 6.43. The average molecular weight is 347 g/mol. The van der Waals surface area contributed by atoms with Crippen LogP contribution in [-0.4, -0.2) is 29.1 Å².